The summed E-state index contributed by atoms with van der Waals surface area (Å²) in [5, 5.41) is 20.5. The molecule has 10 heteroatoms. The Labute approximate surface area is 193 Å². The summed E-state index contributed by atoms with van der Waals surface area (Å²) in [7, 11) is 0. The van der Waals surface area contributed by atoms with Crippen LogP contribution in [-0.2, 0) is 4.79 Å². The second kappa shape index (κ2) is 9.05. The second-order valence-corrected chi connectivity index (χ2v) is 8.07. The topological polar surface area (TPSA) is 102 Å². The van der Waals surface area contributed by atoms with Crippen molar-refractivity contribution in [2.75, 3.05) is 0 Å². The lowest BCUT2D eigenvalue weighted by Crippen LogP contribution is -2.19. The summed E-state index contributed by atoms with van der Waals surface area (Å²) in [5.74, 6) is 0.488. The summed E-state index contributed by atoms with van der Waals surface area (Å²) in [6, 6.07) is 19.4. The van der Waals surface area contributed by atoms with E-state index in [0.717, 1.165) is 22.5 Å². The molecule has 9 nitrogen and oxygen atoms in total. The summed E-state index contributed by atoms with van der Waals surface area (Å²) in [4.78, 5) is 16.9. The van der Waals surface area contributed by atoms with Crippen LogP contribution in [0.25, 0.3) is 17.6 Å². The first-order chi connectivity index (χ1) is 16.2. The molecule has 1 fully saturated rings. The minimum absolute atomic E-state index is 0.200. The molecular formula is C23H18N8OS. The summed E-state index contributed by atoms with van der Waals surface area (Å²) < 4.78 is 3.42. The minimum atomic E-state index is -0.200. The van der Waals surface area contributed by atoms with Crippen LogP contribution in [0, 0.1) is 6.92 Å². The molecule has 0 spiro atoms. The van der Waals surface area contributed by atoms with E-state index in [1.165, 1.54) is 18.1 Å². The lowest BCUT2D eigenvalue weighted by atomic mass is 10.2. The molecule has 33 heavy (non-hydrogen) atoms. The monoisotopic (exact) mass is 454 g/mol. The smallest absolute Gasteiger partial charge is 0.264 e. The molecule has 1 aliphatic rings. The molecule has 0 unspecified atom stereocenters. The fourth-order valence-electron chi connectivity index (χ4n) is 3.28. The lowest BCUT2D eigenvalue weighted by Gasteiger charge is -2.07. The van der Waals surface area contributed by atoms with Crippen molar-refractivity contribution in [3.63, 3.8) is 0 Å². The Balaban J connectivity index is 1.45. The van der Waals surface area contributed by atoms with E-state index in [-0.39, 0.29) is 5.91 Å². The van der Waals surface area contributed by atoms with Crippen LogP contribution in [-0.4, -0.2) is 41.8 Å². The largest absolute Gasteiger partial charge is 0.299 e. The number of para-hydroxylation sites is 1. The van der Waals surface area contributed by atoms with Gasteiger partial charge in [0, 0.05) is 0 Å². The summed E-state index contributed by atoms with van der Waals surface area (Å²) in [5.41, 5.74) is 3.32. The quantitative estimate of drug-likeness (QED) is 0.283. The third-order valence-electron chi connectivity index (χ3n) is 4.80. The van der Waals surface area contributed by atoms with Crippen molar-refractivity contribution in [1.29, 1.82) is 0 Å². The van der Waals surface area contributed by atoms with Gasteiger partial charge in [-0.15, -0.1) is 5.10 Å². The molecule has 1 saturated heterocycles. The molecule has 162 valence electrons. The zero-order valence-electron chi connectivity index (χ0n) is 17.5. The van der Waals surface area contributed by atoms with E-state index >= 15 is 0 Å². The molecule has 1 N–H and O–H groups in total. The first kappa shape index (κ1) is 20.6. The average Bonchev–Trinajstić information content (AvgIpc) is 3.56. The maximum atomic E-state index is 12.3. The molecule has 4 aromatic rings. The zero-order chi connectivity index (χ0) is 22.6. The van der Waals surface area contributed by atoms with Gasteiger partial charge in [-0.3, -0.25) is 10.1 Å². The number of aryl methyl sites for hydroxylation is 1. The van der Waals surface area contributed by atoms with Gasteiger partial charge in [0.25, 0.3) is 5.91 Å². The first-order valence-corrected chi connectivity index (χ1v) is 10.9. The molecule has 3 heterocycles. The highest BCUT2D eigenvalue weighted by Crippen LogP contribution is 2.26. The van der Waals surface area contributed by atoms with Crippen molar-refractivity contribution in [3.8, 4) is 11.5 Å². The van der Waals surface area contributed by atoms with Gasteiger partial charge in [-0.1, -0.05) is 48.5 Å². The van der Waals surface area contributed by atoms with Crippen molar-refractivity contribution in [3.05, 3.63) is 95.0 Å². The van der Waals surface area contributed by atoms with Crippen LogP contribution in [0.4, 0.5) is 0 Å². The van der Waals surface area contributed by atoms with Gasteiger partial charge in [0.2, 0.25) is 0 Å². The number of nitrogens with zero attached hydrogens (tertiary/aromatic N) is 7. The van der Waals surface area contributed by atoms with Crippen molar-refractivity contribution in [1.82, 2.24) is 29.9 Å². The van der Waals surface area contributed by atoms with Crippen molar-refractivity contribution in [2.45, 2.75) is 6.92 Å². The molecule has 0 saturated carbocycles. The van der Waals surface area contributed by atoms with Crippen LogP contribution >= 0.6 is 11.8 Å². The number of rotatable bonds is 5. The molecule has 0 bridgehead atoms. The Hall–Kier alpha value is -4.31. The number of hydrogen-bond donors (Lipinski definition) is 1. The second-order valence-electron chi connectivity index (χ2n) is 7.04. The third-order valence-corrected chi connectivity index (χ3v) is 5.70. The van der Waals surface area contributed by atoms with Crippen LogP contribution in [0.2, 0.25) is 0 Å². The lowest BCUT2D eigenvalue weighted by molar-refractivity contribution is -0.115. The maximum Gasteiger partial charge on any atom is 0.264 e. The number of aromatic nitrogens is 5. The van der Waals surface area contributed by atoms with Gasteiger partial charge in [-0.2, -0.15) is 15.3 Å². The molecule has 2 aromatic heterocycles. The number of amidine groups is 1. The van der Waals surface area contributed by atoms with E-state index in [1.54, 1.807) is 21.9 Å². The first-order valence-electron chi connectivity index (χ1n) is 10.1. The van der Waals surface area contributed by atoms with Gasteiger partial charge in [-0.05, 0) is 42.5 Å². The Kier molecular flexibility index (Phi) is 5.64. The van der Waals surface area contributed by atoms with E-state index in [9.17, 15) is 4.79 Å². The Morgan fingerprint density at radius 2 is 1.82 bits per heavy atom. The van der Waals surface area contributed by atoms with E-state index in [0.29, 0.717) is 15.9 Å². The number of carbonyl (C=O) groups is 1. The fourth-order valence-corrected chi connectivity index (χ4v) is 4.06. The van der Waals surface area contributed by atoms with Crippen molar-refractivity contribution in [2.24, 2.45) is 10.2 Å². The number of amides is 1. The number of thioether (sulfide) groups is 1. The van der Waals surface area contributed by atoms with E-state index in [1.807, 2.05) is 73.7 Å². The Bertz CT molecular complexity index is 1370. The molecule has 0 atom stereocenters. The van der Waals surface area contributed by atoms with Crippen molar-refractivity contribution < 1.29 is 4.79 Å². The predicted octanol–water partition coefficient (Wildman–Crippen LogP) is 3.36. The Morgan fingerprint density at radius 3 is 2.55 bits per heavy atom. The standard InChI is InChI=1S/C23H18N8OS/c1-16-19(22(30-15-24-14-26-30)31(29-16)18-10-6-3-7-11-18)13-25-28-23-27-21(32)20(33-23)12-17-8-4-2-5-9-17/h2-15H,1H3,(H,27,28,32). The maximum absolute atomic E-state index is 12.3. The molecule has 0 aliphatic carbocycles. The number of hydrogen-bond acceptors (Lipinski definition) is 7. The van der Waals surface area contributed by atoms with Crippen LogP contribution in [0.5, 0.6) is 0 Å². The zero-order valence-corrected chi connectivity index (χ0v) is 18.3. The molecule has 0 radical (unpaired) electrons. The number of carbonyl (C=O) groups excluding carboxylic acids is 1. The van der Waals surface area contributed by atoms with Gasteiger partial charge in [0.1, 0.15) is 12.7 Å². The highest BCUT2D eigenvalue weighted by molar-refractivity contribution is 8.18. The number of benzene rings is 2. The van der Waals surface area contributed by atoms with Crippen LogP contribution in [0.15, 0.2) is 88.4 Å². The van der Waals surface area contributed by atoms with Gasteiger partial charge in [-0.25, -0.2) is 14.3 Å². The molecule has 5 rings (SSSR count). The van der Waals surface area contributed by atoms with Crippen molar-refractivity contribution >= 4 is 35.1 Å². The third kappa shape index (κ3) is 4.37. The summed E-state index contributed by atoms with van der Waals surface area (Å²) in [6.07, 6.45) is 6.50. The van der Waals surface area contributed by atoms with E-state index < -0.39 is 0 Å². The molecule has 1 amide bonds. The van der Waals surface area contributed by atoms with Crippen LogP contribution in [0.3, 0.4) is 0 Å². The molecule has 2 aromatic carbocycles. The minimum Gasteiger partial charge on any atom is -0.299 e. The number of nitrogens with one attached hydrogen (secondary N) is 1. The highest BCUT2D eigenvalue weighted by atomic mass is 32.2. The highest BCUT2D eigenvalue weighted by Gasteiger charge is 2.24. The fraction of sp³-hybridized carbons (Fsp3) is 0.0435. The predicted molar refractivity (Wildman–Crippen MR) is 128 cm³/mol. The van der Waals surface area contributed by atoms with Gasteiger partial charge < -0.3 is 0 Å². The van der Waals surface area contributed by atoms with Gasteiger partial charge in [0.15, 0.2) is 11.0 Å². The molecule has 1 aliphatic heterocycles. The molecular weight excluding hydrogens is 436 g/mol. The average molecular weight is 455 g/mol. The van der Waals surface area contributed by atoms with Gasteiger partial charge >= 0.3 is 0 Å². The Morgan fingerprint density at radius 1 is 1.06 bits per heavy atom. The van der Waals surface area contributed by atoms with Crippen LogP contribution in [0.1, 0.15) is 16.8 Å². The SMILES string of the molecule is Cc1nn(-c2ccccc2)c(-n2cncn2)c1C=N/N=C1/NC(=O)C(=Cc2ccccc2)S1. The summed E-state index contributed by atoms with van der Waals surface area (Å²) >= 11 is 1.25. The normalized spacial score (nSPS) is 16.2. The van der Waals surface area contributed by atoms with Gasteiger partial charge in [0.05, 0.1) is 28.1 Å². The van der Waals surface area contributed by atoms with E-state index in [4.69, 9.17) is 0 Å². The van der Waals surface area contributed by atoms with E-state index in [2.05, 4.69) is 30.7 Å². The van der Waals surface area contributed by atoms with Crippen LogP contribution < -0.4 is 5.32 Å². The summed E-state index contributed by atoms with van der Waals surface area (Å²) in [6.45, 7) is 1.89.